The van der Waals surface area contributed by atoms with Crippen molar-refractivity contribution in [1.29, 1.82) is 0 Å². The molecular weight excluding hydrogens is 160 g/mol. The molecule has 0 aromatic heterocycles. The Labute approximate surface area is 61.1 Å². The van der Waals surface area contributed by atoms with Crippen molar-refractivity contribution in [2.75, 3.05) is 5.75 Å². The fourth-order valence-electron chi connectivity index (χ4n) is 0.435. The Morgan fingerprint density at radius 2 is 1.89 bits per heavy atom. The monoisotopic (exact) mass is 170 g/mol. The highest BCUT2D eigenvalue weighted by Gasteiger charge is 2.17. The number of sulfone groups is 1. The minimum atomic E-state index is -2.98. The smallest absolute Gasteiger partial charge is 0.166 e. The Morgan fingerprint density at radius 1 is 1.44 bits per heavy atom. The molecule has 0 aromatic rings. The fraction of sp³-hybridized carbons (Fsp3) is 1.00. The molecule has 0 amide bonds. The van der Waals surface area contributed by atoms with E-state index in [4.69, 9.17) is 11.6 Å². The average Bonchev–Trinajstić information content (AvgIpc) is 1.86. The lowest BCUT2D eigenvalue weighted by atomic mass is 10.6. The van der Waals surface area contributed by atoms with Crippen LogP contribution in [-0.4, -0.2) is 18.9 Å². The summed E-state index contributed by atoms with van der Waals surface area (Å²) in [4.78, 5) is 0. The summed E-state index contributed by atoms with van der Waals surface area (Å²) < 4.78 is 20.9. The van der Waals surface area contributed by atoms with Gasteiger partial charge in [-0.3, -0.25) is 0 Å². The van der Waals surface area contributed by atoms with Crippen LogP contribution in [0.15, 0.2) is 0 Å². The number of alkyl halides is 1. The largest absolute Gasteiger partial charge is 0.227 e. The topological polar surface area (TPSA) is 34.1 Å². The summed E-state index contributed by atoms with van der Waals surface area (Å²) in [6.45, 7) is 3.35. The maximum absolute atomic E-state index is 10.8. The lowest BCUT2D eigenvalue weighted by molar-refractivity contribution is 0.592. The third-order valence-electron chi connectivity index (χ3n) is 1.11. The molecule has 0 aromatic carbocycles. The van der Waals surface area contributed by atoms with Gasteiger partial charge < -0.3 is 0 Å². The van der Waals surface area contributed by atoms with Crippen molar-refractivity contribution in [3.63, 3.8) is 0 Å². The summed E-state index contributed by atoms with van der Waals surface area (Å²) in [7, 11) is -2.98. The molecule has 0 bridgehead atoms. The zero-order valence-corrected chi connectivity index (χ0v) is 7.17. The molecule has 0 aliphatic carbocycles. The molecule has 0 rings (SSSR count). The minimum absolute atomic E-state index is 0.134. The summed E-state index contributed by atoms with van der Waals surface area (Å²) in [6.07, 6.45) is 0.484. The molecule has 0 heterocycles. The first-order valence-electron chi connectivity index (χ1n) is 2.90. The van der Waals surface area contributed by atoms with Gasteiger partial charge in [-0.2, -0.15) is 0 Å². The van der Waals surface area contributed by atoms with Crippen LogP contribution in [0.3, 0.4) is 0 Å². The normalized spacial score (nSPS) is 15.4. The summed E-state index contributed by atoms with van der Waals surface area (Å²) in [5, 5.41) is 0. The number of hydrogen-bond donors (Lipinski definition) is 0. The first-order chi connectivity index (χ1) is 4.04. The highest BCUT2D eigenvalue weighted by atomic mass is 35.5. The highest BCUT2D eigenvalue weighted by molar-refractivity contribution is 7.93. The Hall–Kier alpha value is 0.240. The third-order valence-corrected chi connectivity index (χ3v) is 4.15. The Morgan fingerprint density at radius 3 is 2.00 bits per heavy atom. The van der Waals surface area contributed by atoms with Crippen LogP contribution < -0.4 is 0 Å². The lowest BCUT2D eigenvalue weighted by Crippen LogP contribution is -2.15. The molecule has 0 aliphatic rings. The van der Waals surface area contributed by atoms with Crippen LogP contribution in [0.2, 0.25) is 0 Å². The van der Waals surface area contributed by atoms with Gasteiger partial charge in [0.2, 0.25) is 0 Å². The average molecular weight is 171 g/mol. The number of halogens is 1. The quantitative estimate of drug-likeness (QED) is 0.600. The fourth-order valence-corrected chi connectivity index (χ4v) is 1.68. The zero-order valence-electron chi connectivity index (χ0n) is 5.59. The van der Waals surface area contributed by atoms with E-state index >= 15 is 0 Å². The van der Waals surface area contributed by atoms with Gasteiger partial charge in [0.25, 0.3) is 0 Å². The Balaban J connectivity index is 4.17. The predicted octanol–water partition coefficient (Wildman–Crippen LogP) is 1.40. The van der Waals surface area contributed by atoms with Gasteiger partial charge in [0, 0.05) is 5.75 Å². The molecule has 0 saturated heterocycles. The van der Waals surface area contributed by atoms with Crippen LogP contribution in [-0.2, 0) is 9.84 Å². The van der Waals surface area contributed by atoms with E-state index in [1.54, 1.807) is 13.8 Å². The van der Waals surface area contributed by atoms with E-state index in [-0.39, 0.29) is 5.75 Å². The first kappa shape index (κ1) is 9.24. The Kier molecular flexibility index (Phi) is 3.51. The molecule has 0 saturated carbocycles. The molecule has 0 N–H and O–H groups in total. The van der Waals surface area contributed by atoms with Gasteiger partial charge in [-0.05, 0) is 6.42 Å². The molecule has 0 fully saturated rings. The maximum Gasteiger partial charge on any atom is 0.166 e. The molecule has 0 radical (unpaired) electrons. The van der Waals surface area contributed by atoms with E-state index in [1.165, 1.54) is 0 Å². The molecular formula is C5H11ClO2S. The van der Waals surface area contributed by atoms with Crippen molar-refractivity contribution >= 4 is 21.4 Å². The summed E-state index contributed by atoms with van der Waals surface area (Å²) >= 11 is 5.47. The molecule has 56 valence electrons. The van der Waals surface area contributed by atoms with Crippen molar-refractivity contribution in [2.45, 2.75) is 25.0 Å². The van der Waals surface area contributed by atoms with E-state index in [1.807, 2.05) is 0 Å². The van der Waals surface area contributed by atoms with Crippen LogP contribution >= 0.6 is 11.6 Å². The maximum atomic E-state index is 10.8. The van der Waals surface area contributed by atoms with Crippen LogP contribution in [0.25, 0.3) is 0 Å². The second-order valence-electron chi connectivity index (χ2n) is 1.77. The first-order valence-corrected chi connectivity index (χ1v) is 5.05. The van der Waals surface area contributed by atoms with Crippen molar-refractivity contribution in [2.24, 2.45) is 0 Å². The van der Waals surface area contributed by atoms with Crippen LogP contribution in [0.1, 0.15) is 20.3 Å². The second kappa shape index (κ2) is 3.42. The summed E-state index contributed by atoms with van der Waals surface area (Å²) in [5.74, 6) is 0.134. The molecule has 0 aliphatic heterocycles. The molecule has 9 heavy (non-hydrogen) atoms. The third kappa shape index (κ3) is 2.54. The van der Waals surface area contributed by atoms with Crippen molar-refractivity contribution in [3.05, 3.63) is 0 Å². The highest BCUT2D eigenvalue weighted by Crippen LogP contribution is 2.10. The minimum Gasteiger partial charge on any atom is -0.227 e. The molecule has 2 nitrogen and oxygen atoms in total. The second-order valence-corrected chi connectivity index (χ2v) is 5.03. The number of rotatable bonds is 3. The van der Waals surface area contributed by atoms with Crippen molar-refractivity contribution in [3.8, 4) is 0 Å². The molecule has 0 spiro atoms. The summed E-state index contributed by atoms with van der Waals surface area (Å²) in [5.41, 5.74) is 0. The lowest BCUT2D eigenvalue weighted by Gasteiger charge is -2.03. The molecule has 4 heteroatoms. The van der Waals surface area contributed by atoms with E-state index in [9.17, 15) is 8.42 Å². The summed E-state index contributed by atoms with van der Waals surface area (Å²) in [6, 6.07) is 0. The molecule has 1 atom stereocenters. The predicted molar refractivity (Wildman–Crippen MR) is 39.4 cm³/mol. The van der Waals surface area contributed by atoms with Gasteiger partial charge in [-0.25, -0.2) is 8.42 Å². The van der Waals surface area contributed by atoms with Gasteiger partial charge in [0.1, 0.15) is 4.71 Å². The number of hydrogen-bond acceptors (Lipinski definition) is 2. The van der Waals surface area contributed by atoms with Crippen LogP contribution in [0.4, 0.5) is 0 Å². The van der Waals surface area contributed by atoms with E-state index in [2.05, 4.69) is 0 Å². The van der Waals surface area contributed by atoms with E-state index in [0.29, 0.717) is 6.42 Å². The van der Waals surface area contributed by atoms with Crippen molar-refractivity contribution < 1.29 is 8.42 Å². The van der Waals surface area contributed by atoms with Gasteiger partial charge in [0.15, 0.2) is 9.84 Å². The van der Waals surface area contributed by atoms with Crippen molar-refractivity contribution in [1.82, 2.24) is 0 Å². The Bertz CT molecular complexity index is 162. The standard InChI is InChI=1S/C5H11ClO2S/c1-3-5(6)9(7,8)4-2/h5H,3-4H2,1-2H3. The van der Waals surface area contributed by atoms with Gasteiger partial charge >= 0.3 is 0 Å². The SMILES string of the molecule is CCC(Cl)S(=O)(=O)CC. The zero-order chi connectivity index (χ0) is 7.49. The molecule has 1 unspecified atom stereocenters. The van der Waals surface area contributed by atoms with Gasteiger partial charge in [-0.15, -0.1) is 11.6 Å². The van der Waals surface area contributed by atoms with E-state index in [0.717, 1.165) is 0 Å². The van der Waals surface area contributed by atoms with Crippen LogP contribution in [0, 0.1) is 0 Å². The van der Waals surface area contributed by atoms with Gasteiger partial charge in [0.05, 0.1) is 0 Å². The van der Waals surface area contributed by atoms with Gasteiger partial charge in [-0.1, -0.05) is 13.8 Å². The van der Waals surface area contributed by atoms with E-state index < -0.39 is 14.5 Å². The van der Waals surface area contributed by atoms with Crippen LogP contribution in [0.5, 0.6) is 0 Å².